The molecule has 1 heterocycles. The van der Waals surface area contributed by atoms with Crippen LogP contribution in [-0.4, -0.2) is 30.1 Å². The second-order valence-corrected chi connectivity index (χ2v) is 4.72. The molecule has 0 saturated carbocycles. The third-order valence-electron chi connectivity index (χ3n) is 3.50. The zero-order chi connectivity index (χ0) is 10.4. The molecular formula is C12H26N2. The van der Waals surface area contributed by atoms with Gasteiger partial charge in [-0.15, -0.1) is 0 Å². The van der Waals surface area contributed by atoms with Crippen LogP contribution in [0.2, 0.25) is 0 Å². The topological polar surface area (TPSA) is 29.3 Å². The summed E-state index contributed by atoms with van der Waals surface area (Å²) in [4.78, 5) is 2.68. The van der Waals surface area contributed by atoms with Crippen LogP contribution < -0.4 is 5.73 Å². The SMILES string of the molecule is CC(CCCN)N1CCCCCC1C. The summed E-state index contributed by atoms with van der Waals surface area (Å²) < 4.78 is 0. The largest absolute Gasteiger partial charge is 0.330 e. The fourth-order valence-corrected chi connectivity index (χ4v) is 2.53. The molecule has 0 bridgehead atoms. The molecule has 2 unspecified atom stereocenters. The smallest absolute Gasteiger partial charge is 0.00702 e. The number of rotatable bonds is 4. The van der Waals surface area contributed by atoms with Crippen LogP contribution in [0.5, 0.6) is 0 Å². The van der Waals surface area contributed by atoms with Gasteiger partial charge in [0.05, 0.1) is 0 Å². The lowest BCUT2D eigenvalue weighted by molar-refractivity contribution is 0.149. The summed E-state index contributed by atoms with van der Waals surface area (Å²) in [6, 6.07) is 1.51. The van der Waals surface area contributed by atoms with E-state index in [1.807, 2.05) is 0 Å². The highest BCUT2D eigenvalue weighted by Gasteiger charge is 2.20. The molecule has 0 aromatic carbocycles. The van der Waals surface area contributed by atoms with Crippen LogP contribution in [0.15, 0.2) is 0 Å². The van der Waals surface area contributed by atoms with E-state index >= 15 is 0 Å². The van der Waals surface area contributed by atoms with E-state index in [1.165, 1.54) is 45.1 Å². The van der Waals surface area contributed by atoms with Crippen molar-refractivity contribution in [3.05, 3.63) is 0 Å². The molecule has 1 fully saturated rings. The van der Waals surface area contributed by atoms with E-state index in [0.29, 0.717) is 0 Å². The predicted molar refractivity (Wildman–Crippen MR) is 62.4 cm³/mol. The van der Waals surface area contributed by atoms with Crippen molar-refractivity contribution in [2.75, 3.05) is 13.1 Å². The normalized spacial score (nSPS) is 27.2. The van der Waals surface area contributed by atoms with Gasteiger partial charge in [-0.3, -0.25) is 4.90 Å². The number of nitrogens with zero attached hydrogens (tertiary/aromatic N) is 1. The third-order valence-corrected chi connectivity index (χ3v) is 3.50. The zero-order valence-corrected chi connectivity index (χ0v) is 9.84. The lowest BCUT2D eigenvalue weighted by Gasteiger charge is -2.33. The van der Waals surface area contributed by atoms with Gasteiger partial charge in [-0.25, -0.2) is 0 Å². The van der Waals surface area contributed by atoms with E-state index < -0.39 is 0 Å². The van der Waals surface area contributed by atoms with Gasteiger partial charge in [-0.2, -0.15) is 0 Å². The Balaban J connectivity index is 2.37. The van der Waals surface area contributed by atoms with Crippen molar-refractivity contribution in [2.24, 2.45) is 5.73 Å². The van der Waals surface area contributed by atoms with Gasteiger partial charge in [-0.05, 0) is 52.6 Å². The molecule has 2 atom stereocenters. The molecule has 84 valence electrons. The molecule has 2 heteroatoms. The number of hydrogen-bond donors (Lipinski definition) is 1. The van der Waals surface area contributed by atoms with Crippen molar-refractivity contribution < 1.29 is 0 Å². The Morgan fingerprint density at radius 2 is 2.14 bits per heavy atom. The molecule has 0 radical (unpaired) electrons. The minimum absolute atomic E-state index is 0.728. The quantitative estimate of drug-likeness (QED) is 0.751. The molecule has 1 aliphatic rings. The van der Waals surface area contributed by atoms with Gasteiger partial charge in [0.15, 0.2) is 0 Å². The van der Waals surface area contributed by atoms with Crippen molar-refractivity contribution in [1.29, 1.82) is 0 Å². The lowest BCUT2D eigenvalue weighted by atomic mass is 10.1. The third kappa shape index (κ3) is 3.58. The summed E-state index contributed by atoms with van der Waals surface area (Å²) in [5.41, 5.74) is 5.55. The summed E-state index contributed by atoms with van der Waals surface area (Å²) in [6.45, 7) is 6.88. The standard InChI is InChI=1S/C12H26N2/c1-11-7-4-3-5-10-14(11)12(2)8-6-9-13/h11-12H,3-10,13H2,1-2H3. The van der Waals surface area contributed by atoms with Crippen LogP contribution in [0.4, 0.5) is 0 Å². The highest BCUT2D eigenvalue weighted by atomic mass is 15.2. The van der Waals surface area contributed by atoms with Gasteiger partial charge in [0, 0.05) is 12.1 Å². The van der Waals surface area contributed by atoms with E-state index in [9.17, 15) is 0 Å². The Morgan fingerprint density at radius 1 is 1.36 bits per heavy atom. The van der Waals surface area contributed by atoms with Crippen LogP contribution in [0.1, 0.15) is 52.4 Å². The molecule has 0 aromatic heterocycles. The molecule has 0 aliphatic carbocycles. The number of likely N-dealkylation sites (tertiary alicyclic amines) is 1. The average Bonchev–Trinajstić information content (AvgIpc) is 2.39. The van der Waals surface area contributed by atoms with Crippen LogP contribution in [-0.2, 0) is 0 Å². The first-order valence-electron chi connectivity index (χ1n) is 6.21. The monoisotopic (exact) mass is 198 g/mol. The highest BCUT2D eigenvalue weighted by molar-refractivity contribution is 4.76. The number of nitrogens with two attached hydrogens (primary N) is 1. The van der Waals surface area contributed by atoms with E-state index in [-0.39, 0.29) is 0 Å². The molecule has 0 spiro atoms. The van der Waals surface area contributed by atoms with Crippen LogP contribution in [0.3, 0.4) is 0 Å². The first kappa shape index (κ1) is 12.0. The van der Waals surface area contributed by atoms with Crippen LogP contribution in [0, 0.1) is 0 Å². The minimum Gasteiger partial charge on any atom is -0.330 e. The molecule has 2 N–H and O–H groups in total. The minimum atomic E-state index is 0.728. The Hall–Kier alpha value is -0.0800. The molecule has 1 aliphatic heterocycles. The zero-order valence-electron chi connectivity index (χ0n) is 9.84. The first-order valence-corrected chi connectivity index (χ1v) is 6.21. The summed E-state index contributed by atoms with van der Waals surface area (Å²) in [5.74, 6) is 0. The summed E-state index contributed by atoms with van der Waals surface area (Å²) in [6.07, 6.45) is 8.04. The van der Waals surface area contributed by atoms with Crippen molar-refractivity contribution in [3.63, 3.8) is 0 Å². The van der Waals surface area contributed by atoms with Crippen LogP contribution >= 0.6 is 0 Å². The van der Waals surface area contributed by atoms with Crippen molar-refractivity contribution >= 4 is 0 Å². The van der Waals surface area contributed by atoms with Gasteiger partial charge in [-0.1, -0.05) is 12.8 Å². The predicted octanol–water partition coefficient (Wildman–Crippen LogP) is 2.38. The van der Waals surface area contributed by atoms with Gasteiger partial charge < -0.3 is 5.73 Å². The van der Waals surface area contributed by atoms with E-state index in [4.69, 9.17) is 5.73 Å². The maximum Gasteiger partial charge on any atom is 0.00702 e. The molecule has 14 heavy (non-hydrogen) atoms. The average molecular weight is 198 g/mol. The van der Waals surface area contributed by atoms with Crippen molar-refractivity contribution in [1.82, 2.24) is 4.90 Å². The van der Waals surface area contributed by atoms with Gasteiger partial charge in [0.25, 0.3) is 0 Å². The van der Waals surface area contributed by atoms with Gasteiger partial charge >= 0.3 is 0 Å². The Labute approximate surface area is 88.8 Å². The summed E-state index contributed by atoms with van der Waals surface area (Å²) in [7, 11) is 0. The van der Waals surface area contributed by atoms with E-state index in [2.05, 4.69) is 18.7 Å². The Bertz CT molecular complexity index is 147. The number of hydrogen-bond acceptors (Lipinski definition) is 2. The van der Waals surface area contributed by atoms with Crippen molar-refractivity contribution in [3.8, 4) is 0 Å². The van der Waals surface area contributed by atoms with Crippen molar-refractivity contribution in [2.45, 2.75) is 64.5 Å². The van der Waals surface area contributed by atoms with Gasteiger partial charge in [0.2, 0.25) is 0 Å². The summed E-state index contributed by atoms with van der Waals surface area (Å²) >= 11 is 0. The maximum atomic E-state index is 5.55. The van der Waals surface area contributed by atoms with Gasteiger partial charge in [0.1, 0.15) is 0 Å². The molecular weight excluding hydrogens is 172 g/mol. The van der Waals surface area contributed by atoms with E-state index in [1.54, 1.807) is 0 Å². The molecule has 2 nitrogen and oxygen atoms in total. The van der Waals surface area contributed by atoms with Crippen LogP contribution in [0.25, 0.3) is 0 Å². The fraction of sp³-hybridized carbons (Fsp3) is 1.00. The highest BCUT2D eigenvalue weighted by Crippen LogP contribution is 2.20. The second-order valence-electron chi connectivity index (χ2n) is 4.72. The Kier molecular flexibility index (Phi) is 5.49. The first-order chi connectivity index (χ1) is 6.75. The lowest BCUT2D eigenvalue weighted by Crippen LogP contribution is -2.40. The molecule has 0 aromatic rings. The summed E-state index contributed by atoms with van der Waals surface area (Å²) in [5, 5.41) is 0. The van der Waals surface area contributed by atoms with E-state index in [0.717, 1.165) is 18.6 Å². The maximum absolute atomic E-state index is 5.55. The second kappa shape index (κ2) is 6.41. The molecule has 1 saturated heterocycles. The fourth-order valence-electron chi connectivity index (χ4n) is 2.53. The Morgan fingerprint density at radius 3 is 2.86 bits per heavy atom. The molecule has 0 amide bonds. The molecule has 1 rings (SSSR count).